The summed E-state index contributed by atoms with van der Waals surface area (Å²) in [4.78, 5) is 256. The van der Waals surface area contributed by atoms with Crippen molar-refractivity contribution in [3.8, 4) is 28.2 Å². The zero-order chi connectivity index (χ0) is 102. The molecule has 0 fully saturated rings. The van der Waals surface area contributed by atoms with Gasteiger partial charge in [0, 0.05) is 106 Å². The van der Waals surface area contributed by atoms with Gasteiger partial charge in [0.25, 0.3) is 5.91 Å². The molecule has 0 saturated heterocycles. The molecule has 47 heteroatoms. The van der Waals surface area contributed by atoms with Gasteiger partial charge in [-0.3, -0.25) is 91.5 Å². The number of nitrogens with one attached hydrogen (secondary N) is 15. The molecule has 1 aromatic heterocycles. The lowest BCUT2D eigenvalue weighted by Crippen LogP contribution is -2.61. The molecule has 31 N–H and O–H groups in total. The number of fused-ring (bicyclic) bond motifs is 2. The normalized spacial score (nSPS) is 13.5. The number of unbranched alkanes of at least 4 members (excludes halogenated alkanes) is 6. The third-order valence-electron chi connectivity index (χ3n) is 21.7. The van der Waals surface area contributed by atoms with Gasteiger partial charge in [-0.05, 0) is 171 Å². The monoisotopic (exact) mass is 1920 g/mol. The second kappa shape index (κ2) is 58.7. The first kappa shape index (κ1) is 113. The van der Waals surface area contributed by atoms with Crippen LogP contribution in [0.5, 0.6) is 5.75 Å². The lowest BCUT2D eigenvalue weighted by molar-refractivity contribution is -0.139. The number of aliphatic hydroxyl groups is 1. The standard InChI is InChI=1S/C90H134N24O23/c1-48(2)41-65(111-85(132)66(42-53-45-97-47-103-53)112-87(134)75(49(3)4)114-83(130)64(33-34-72(121)122)108-78(125)51(6)105-80(127)62(25-19-39-101-89(93)94)107-77(124)50(5)104-52(7)116)84(131)110-63(26-20-40-102-90(95)96)81(128)109-61(24-12-14-35-91)82(129)113-67(46-115)79(126)99-37-16-8-10-27-70(119)98-36-15-9-11-28-71(120)106-60(76(92)123)23-13-17-38-100-86(133)74-58(21-18-22-59(74)88(135)136)73-56-31-29-54(117)43-68(56)137-69-44-55(118)30-32-57(69)73/h18,21-22,29-32,43-45,47-51,60-67,75,115,117H,8-17,19-20,23-28,33-42,46,91H2,1-7H3,(H2,92,123)(H,97,103)(H,98,119)(H,99,126)(H,100,133)(H,104,116)(H,105,127)(H,106,120)(H,107,124)(H,108,125)(H,109,128)(H,110,131)(H,111,132)(H,112,134)(H,113,129)(H,114,130)(H,121,122)(H,135,136)(H4,93,94,101)(H4,95,96,102)/t50-,51-,60-,61-,62-,63-,64-,65-,66-,67-,75-/m0/s1. The van der Waals surface area contributed by atoms with Gasteiger partial charge in [0.05, 0.1) is 24.1 Å². The number of amides is 15. The van der Waals surface area contributed by atoms with Gasteiger partial charge in [-0.15, -0.1) is 0 Å². The van der Waals surface area contributed by atoms with Gasteiger partial charge >= 0.3 is 11.9 Å². The number of H-pyrrole nitrogens is 1. The minimum absolute atomic E-state index is 0.0315. The number of nitrogens with two attached hydrogens (primary N) is 6. The Kier molecular flexibility index (Phi) is 48.4. The molecule has 2 aliphatic rings. The summed E-state index contributed by atoms with van der Waals surface area (Å²) in [6.45, 7) is 10.1. The average Bonchev–Trinajstić information content (AvgIpc) is 1.06. The van der Waals surface area contributed by atoms with E-state index in [1.165, 1.54) is 89.6 Å². The predicted molar refractivity (Wildman–Crippen MR) is 503 cm³/mol. The Morgan fingerprint density at radius 3 is 1.56 bits per heavy atom. The fourth-order valence-electron chi connectivity index (χ4n) is 14.5. The fraction of sp³-hybridized carbons (Fsp3) is 0.544. The molecule has 5 rings (SSSR count). The summed E-state index contributed by atoms with van der Waals surface area (Å²) in [5.74, 6) is -16.1. The van der Waals surface area contributed by atoms with E-state index in [4.69, 9.17) is 38.8 Å². The van der Waals surface area contributed by atoms with Crippen LogP contribution in [-0.2, 0) is 78.3 Å². The summed E-state index contributed by atoms with van der Waals surface area (Å²) in [7, 11) is 0. The fourth-order valence-corrected chi connectivity index (χ4v) is 14.5. The molecule has 0 radical (unpaired) electrons. The Balaban J connectivity index is 1.12. The molecule has 0 unspecified atom stereocenters. The van der Waals surface area contributed by atoms with Gasteiger partial charge < -0.3 is 139 Å². The number of aromatic nitrogens is 2. The lowest BCUT2D eigenvalue weighted by Gasteiger charge is -2.29. The molecule has 15 amide bonds. The van der Waals surface area contributed by atoms with Gasteiger partial charge in [0.1, 0.15) is 83.6 Å². The van der Waals surface area contributed by atoms with Crippen molar-refractivity contribution in [3.05, 3.63) is 94.2 Å². The van der Waals surface area contributed by atoms with E-state index in [9.17, 15) is 107 Å². The molecule has 1 aliphatic carbocycles. The molecule has 752 valence electrons. The zero-order valence-electron chi connectivity index (χ0n) is 78.2. The summed E-state index contributed by atoms with van der Waals surface area (Å²) in [5, 5.41) is 77.4. The number of phenols is 1. The van der Waals surface area contributed by atoms with Crippen molar-refractivity contribution in [1.82, 2.24) is 84.4 Å². The van der Waals surface area contributed by atoms with Crippen molar-refractivity contribution < 1.29 is 106 Å². The first-order chi connectivity index (χ1) is 65.0. The van der Waals surface area contributed by atoms with Crippen molar-refractivity contribution >= 4 is 123 Å². The third kappa shape index (κ3) is 40.0. The number of carbonyl (C=O) groups is 17. The predicted octanol–water partition coefficient (Wildman–Crippen LogP) is -2.14. The van der Waals surface area contributed by atoms with Gasteiger partial charge in [-0.1, -0.05) is 52.7 Å². The number of nitrogens with zero attached hydrogens (tertiary/aromatic N) is 3. The van der Waals surface area contributed by atoms with Crippen molar-refractivity contribution in [1.29, 1.82) is 0 Å². The Morgan fingerprint density at radius 2 is 1.00 bits per heavy atom. The number of phenolic OH excluding ortho intramolecular Hbond substituents is 1. The second-order valence-electron chi connectivity index (χ2n) is 33.9. The van der Waals surface area contributed by atoms with E-state index in [-0.39, 0.29) is 166 Å². The Bertz CT molecular complexity index is 5040. The van der Waals surface area contributed by atoms with E-state index in [1.54, 1.807) is 26.0 Å². The topological polar surface area (TPSA) is 779 Å². The van der Waals surface area contributed by atoms with E-state index in [2.05, 4.69) is 94.4 Å². The average molecular weight is 1920 g/mol. The zero-order valence-corrected chi connectivity index (χ0v) is 78.2. The number of hydrogen-bond acceptors (Lipinski definition) is 25. The molecule has 11 atom stereocenters. The molecule has 3 aromatic rings. The number of primary amides is 1. The quantitative estimate of drug-likeness (QED) is 0.00855. The number of aromatic hydroxyl groups is 1. The molecule has 0 bridgehead atoms. The Hall–Kier alpha value is -14.4. The van der Waals surface area contributed by atoms with Crippen LogP contribution >= 0.6 is 0 Å². The first-order valence-electron chi connectivity index (χ1n) is 45.6. The maximum Gasteiger partial charge on any atom is 0.336 e. The van der Waals surface area contributed by atoms with Crippen LogP contribution in [0.2, 0.25) is 0 Å². The van der Waals surface area contributed by atoms with E-state index in [0.717, 1.165) is 0 Å². The highest BCUT2D eigenvalue weighted by atomic mass is 16.4. The van der Waals surface area contributed by atoms with Crippen LogP contribution in [0, 0.1) is 11.8 Å². The number of carbonyl (C=O) groups excluding carboxylic acids is 15. The minimum atomic E-state index is -1.66. The van der Waals surface area contributed by atoms with Crippen molar-refractivity contribution in [3.63, 3.8) is 0 Å². The van der Waals surface area contributed by atoms with Gasteiger partial charge in [-0.25, -0.2) is 9.78 Å². The summed E-state index contributed by atoms with van der Waals surface area (Å²) in [6, 6.07) is -2.69. The van der Waals surface area contributed by atoms with E-state index in [1.807, 2.05) is 0 Å². The smallest absolute Gasteiger partial charge is 0.336 e. The van der Waals surface area contributed by atoms with Crippen LogP contribution < -0.4 is 114 Å². The molecule has 0 spiro atoms. The van der Waals surface area contributed by atoms with Crippen LogP contribution in [0.1, 0.15) is 210 Å². The number of imidazole rings is 1. The minimum Gasteiger partial charge on any atom is -0.508 e. The van der Waals surface area contributed by atoms with Crippen LogP contribution in [0.15, 0.2) is 86.3 Å². The number of benzene rings is 3. The van der Waals surface area contributed by atoms with Crippen molar-refractivity contribution in [2.45, 2.75) is 256 Å². The number of rotatable bonds is 63. The summed E-state index contributed by atoms with van der Waals surface area (Å²) < 4.78 is 5.94. The molecular weight excluding hydrogens is 1790 g/mol. The molecule has 47 nitrogen and oxygen atoms in total. The Morgan fingerprint density at radius 1 is 0.482 bits per heavy atom. The number of carboxylic acids is 2. The maximum atomic E-state index is 14.7. The largest absolute Gasteiger partial charge is 0.508 e. The molecule has 2 heterocycles. The molecule has 2 aromatic carbocycles. The number of aromatic carboxylic acids is 1. The van der Waals surface area contributed by atoms with Crippen molar-refractivity contribution in [2.24, 2.45) is 56.2 Å². The summed E-state index contributed by atoms with van der Waals surface area (Å²) in [5.41, 5.74) is 34.2. The third-order valence-corrected chi connectivity index (χ3v) is 21.7. The number of aromatic amines is 1. The first-order valence-corrected chi connectivity index (χ1v) is 45.6. The highest BCUT2D eigenvalue weighted by Gasteiger charge is 2.38. The number of hydrogen-bond donors (Lipinski definition) is 25. The molecule has 137 heavy (non-hydrogen) atoms. The van der Waals surface area contributed by atoms with Crippen LogP contribution in [0.3, 0.4) is 0 Å². The summed E-state index contributed by atoms with van der Waals surface area (Å²) in [6.07, 6.45) is 5.51. The lowest BCUT2D eigenvalue weighted by atomic mass is 9.88. The van der Waals surface area contributed by atoms with Gasteiger partial charge in [0.2, 0.25) is 82.7 Å². The summed E-state index contributed by atoms with van der Waals surface area (Å²) >= 11 is 0. The van der Waals surface area contributed by atoms with Gasteiger partial charge in [-0.2, -0.15) is 0 Å². The van der Waals surface area contributed by atoms with Crippen LogP contribution in [0.4, 0.5) is 0 Å². The van der Waals surface area contributed by atoms with Crippen LogP contribution in [0.25, 0.3) is 33.4 Å². The molecule has 1 aliphatic heterocycles. The van der Waals surface area contributed by atoms with E-state index in [0.29, 0.717) is 86.5 Å². The number of aliphatic hydroxyl groups excluding tert-OH is 1. The second-order valence-corrected chi connectivity index (χ2v) is 33.9. The maximum absolute atomic E-state index is 14.7. The van der Waals surface area contributed by atoms with Crippen molar-refractivity contribution in [2.75, 3.05) is 45.9 Å². The number of guanidine groups is 2. The van der Waals surface area contributed by atoms with E-state index >= 15 is 0 Å². The Labute approximate surface area is 791 Å². The molecule has 0 saturated carbocycles. The number of aliphatic carboxylic acids is 1. The number of carboxylic acid groups (broad SMARTS) is 2. The van der Waals surface area contributed by atoms with Crippen LogP contribution in [-0.4, -0.2) is 255 Å². The highest BCUT2D eigenvalue weighted by Crippen LogP contribution is 2.43. The highest BCUT2D eigenvalue weighted by molar-refractivity contribution is 6.14. The number of aliphatic imine (C=N–C) groups is 2. The van der Waals surface area contributed by atoms with Gasteiger partial charge in [0.15, 0.2) is 17.3 Å². The van der Waals surface area contributed by atoms with E-state index < -0.39 is 186 Å². The molecular formula is C90H134N24O23. The SMILES string of the molecule is CC(=O)N[C@@H](C)C(=O)N[C@@H](CCCN=C(N)N)C(=O)N[C@@H](C)C(=O)N[C@@H](CCC(=O)O)C(=O)N[C@H](C(=O)N[C@@H](Cc1cnc[nH]1)C(=O)N[C@@H](CC(C)C)C(=O)N[C@@H](CCCN=C(N)N)C(=O)N[C@@H](CCCCN)C(=O)N[C@@H](CO)C(=O)NCCCCCC(=O)NCCCCCC(=O)N[C@@H](CCCCNC(=O)c1c(C(=O)O)cccc1-c1c2ccc(=O)cc-2oc2cc(O)ccc12)C(N)=O)C(C)C.